The Morgan fingerprint density at radius 3 is 1.81 bits per heavy atom. The summed E-state index contributed by atoms with van der Waals surface area (Å²) in [6.07, 6.45) is -0.300. The first-order valence-electron chi connectivity index (χ1n) is 5.46. The second kappa shape index (κ2) is 4.85. The molecule has 4 nitrogen and oxygen atoms in total. The predicted octanol–water partition coefficient (Wildman–Crippen LogP) is 1.88. The van der Waals surface area contributed by atoms with Gasteiger partial charge in [0.1, 0.15) is 6.10 Å². The van der Waals surface area contributed by atoms with Crippen molar-refractivity contribution in [3.8, 4) is 0 Å². The number of carbonyl (C=O) groups excluding carboxylic acids is 2. The topological polar surface area (TPSA) is 55.4 Å². The molecule has 0 fully saturated rings. The lowest BCUT2D eigenvalue weighted by Crippen LogP contribution is -2.46. The van der Waals surface area contributed by atoms with Gasteiger partial charge in [-0.1, -0.05) is 20.8 Å². The maximum atomic E-state index is 11.4. The standard InChI is InChI=1S/C12H23NO3/c1-8(11(2,3)4)16-10(15)9(14)13-12(5,6)7/h8H,1-7H3,(H,13,14)/t8-/m1/s1. The second-order valence-electron chi connectivity index (χ2n) is 6.12. The Labute approximate surface area is 97.7 Å². The molecule has 0 aromatic rings. The Kier molecular flexibility index (Phi) is 4.53. The number of nitrogens with one attached hydrogen (secondary N) is 1. The summed E-state index contributed by atoms with van der Waals surface area (Å²) in [5, 5.41) is 2.56. The van der Waals surface area contributed by atoms with E-state index >= 15 is 0 Å². The minimum absolute atomic E-state index is 0.169. The summed E-state index contributed by atoms with van der Waals surface area (Å²) < 4.78 is 5.07. The molecule has 1 amide bonds. The molecule has 16 heavy (non-hydrogen) atoms. The van der Waals surface area contributed by atoms with Crippen LogP contribution >= 0.6 is 0 Å². The van der Waals surface area contributed by atoms with E-state index < -0.39 is 17.4 Å². The Balaban J connectivity index is 4.33. The zero-order valence-electron chi connectivity index (χ0n) is 11.3. The van der Waals surface area contributed by atoms with E-state index in [4.69, 9.17) is 4.74 Å². The van der Waals surface area contributed by atoms with Crippen LogP contribution in [-0.4, -0.2) is 23.5 Å². The molecule has 0 aromatic heterocycles. The van der Waals surface area contributed by atoms with Gasteiger partial charge < -0.3 is 10.1 Å². The van der Waals surface area contributed by atoms with Gasteiger partial charge in [-0.3, -0.25) is 4.79 Å². The Morgan fingerprint density at radius 1 is 1.06 bits per heavy atom. The van der Waals surface area contributed by atoms with Crippen LogP contribution in [-0.2, 0) is 14.3 Å². The molecule has 0 unspecified atom stereocenters. The molecule has 1 atom stereocenters. The first-order chi connectivity index (χ1) is 6.93. The summed E-state index contributed by atoms with van der Waals surface area (Å²) in [7, 11) is 0. The van der Waals surface area contributed by atoms with E-state index in [9.17, 15) is 9.59 Å². The Morgan fingerprint density at radius 2 is 1.50 bits per heavy atom. The normalized spacial score (nSPS) is 14.2. The van der Waals surface area contributed by atoms with Crippen LogP contribution in [0.2, 0.25) is 0 Å². The van der Waals surface area contributed by atoms with E-state index in [1.54, 1.807) is 6.92 Å². The fourth-order valence-corrected chi connectivity index (χ4v) is 0.782. The van der Waals surface area contributed by atoms with Crippen molar-refractivity contribution in [1.82, 2.24) is 5.32 Å². The summed E-state index contributed by atoms with van der Waals surface area (Å²) in [4.78, 5) is 22.9. The van der Waals surface area contributed by atoms with Crippen LogP contribution in [0, 0.1) is 5.41 Å². The number of hydrogen-bond acceptors (Lipinski definition) is 3. The van der Waals surface area contributed by atoms with Crippen molar-refractivity contribution in [2.24, 2.45) is 5.41 Å². The molecule has 0 spiro atoms. The van der Waals surface area contributed by atoms with E-state index in [2.05, 4.69) is 5.32 Å². The Hall–Kier alpha value is -1.06. The highest BCUT2D eigenvalue weighted by atomic mass is 16.5. The first kappa shape index (κ1) is 14.9. The van der Waals surface area contributed by atoms with Crippen LogP contribution in [0.4, 0.5) is 0 Å². The third-order valence-electron chi connectivity index (χ3n) is 2.18. The molecule has 94 valence electrons. The lowest BCUT2D eigenvalue weighted by Gasteiger charge is -2.27. The zero-order chi connectivity index (χ0) is 13.1. The molecule has 4 heteroatoms. The van der Waals surface area contributed by atoms with Crippen molar-refractivity contribution >= 4 is 11.9 Å². The predicted molar refractivity (Wildman–Crippen MR) is 62.9 cm³/mol. The third kappa shape index (κ3) is 5.73. The largest absolute Gasteiger partial charge is 0.455 e. The van der Waals surface area contributed by atoms with Gasteiger partial charge in [0.25, 0.3) is 0 Å². The van der Waals surface area contributed by atoms with Crippen LogP contribution in [0.3, 0.4) is 0 Å². The number of ether oxygens (including phenoxy) is 1. The van der Waals surface area contributed by atoms with Crippen molar-refractivity contribution in [3.63, 3.8) is 0 Å². The monoisotopic (exact) mass is 229 g/mol. The molecular weight excluding hydrogens is 206 g/mol. The van der Waals surface area contributed by atoms with Gasteiger partial charge in [0.2, 0.25) is 0 Å². The fraction of sp³-hybridized carbons (Fsp3) is 0.833. The minimum Gasteiger partial charge on any atom is -0.455 e. The summed E-state index contributed by atoms with van der Waals surface area (Å²) >= 11 is 0. The SMILES string of the molecule is C[C@@H](OC(=O)C(=O)NC(C)(C)C)C(C)(C)C. The number of hydrogen-bond donors (Lipinski definition) is 1. The molecule has 0 aliphatic heterocycles. The summed E-state index contributed by atoms with van der Waals surface area (Å²) in [6, 6.07) is 0. The van der Waals surface area contributed by atoms with E-state index in [1.807, 2.05) is 41.5 Å². The van der Waals surface area contributed by atoms with Gasteiger partial charge >= 0.3 is 11.9 Å². The van der Waals surface area contributed by atoms with E-state index in [0.717, 1.165) is 0 Å². The molecule has 0 saturated carbocycles. The summed E-state index contributed by atoms with van der Waals surface area (Å²) in [6.45, 7) is 13.1. The average Bonchev–Trinajstić information content (AvgIpc) is 1.98. The molecule has 0 aromatic carbocycles. The lowest BCUT2D eigenvalue weighted by atomic mass is 9.90. The van der Waals surface area contributed by atoms with Crippen molar-refractivity contribution in [2.75, 3.05) is 0 Å². The molecule has 0 heterocycles. The van der Waals surface area contributed by atoms with Gasteiger partial charge in [-0.05, 0) is 33.1 Å². The van der Waals surface area contributed by atoms with Gasteiger partial charge in [-0.15, -0.1) is 0 Å². The quantitative estimate of drug-likeness (QED) is 0.551. The van der Waals surface area contributed by atoms with Crippen LogP contribution in [0.1, 0.15) is 48.5 Å². The van der Waals surface area contributed by atoms with Gasteiger partial charge in [0, 0.05) is 5.54 Å². The molecule has 0 aliphatic carbocycles. The lowest BCUT2D eigenvalue weighted by molar-refractivity contribution is -0.162. The maximum absolute atomic E-state index is 11.4. The third-order valence-corrected chi connectivity index (χ3v) is 2.18. The minimum atomic E-state index is -0.822. The van der Waals surface area contributed by atoms with Gasteiger partial charge in [-0.2, -0.15) is 0 Å². The number of rotatable bonds is 1. The van der Waals surface area contributed by atoms with Gasteiger partial charge in [-0.25, -0.2) is 4.79 Å². The summed E-state index contributed by atoms with van der Waals surface area (Å²) in [5.74, 6) is -1.51. The maximum Gasteiger partial charge on any atom is 0.397 e. The van der Waals surface area contributed by atoms with E-state index in [1.165, 1.54) is 0 Å². The molecule has 0 aliphatic rings. The molecule has 0 radical (unpaired) electrons. The molecule has 0 bridgehead atoms. The second-order valence-corrected chi connectivity index (χ2v) is 6.12. The van der Waals surface area contributed by atoms with E-state index in [-0.39, 0.29) is 11.5 Å². The first-order valence-corrected chi connectivity index (χ1v) is 5.46. The number of carbonyl (C=O) groups is 2. The average molecular weight is 229 g/mol. The van der Waals surface area contributed by atoms with Crippen LogP contribution in [0.25, 0.3) is 0 Å². The number of esters is 1. The molecule has 0 saturated heterocycles. The Bertz CT molecular complexity index is 271. The van der Waals surface area contributed by atoms with Crippen LogP contribution in [0.15, 0.2) is 0 Å². The van der Waals surface area contributed by atoms with E-state index in [0.29, 0.717) is 0 Å². The van der Waals surface area contributed by atoms with Crippen molar-refractivity contribution < 1.29 is 14.3 Å². The van der Waals surface area contributed by atoms with Crippen molar-refractivity contribution in [3.05, 3.63) is 0 Å². The summed E-state index contributed by atoms with van der Waals surface area (Å²) in [5.41, 5.74) is -0.598. The number of amides is 1. The van der Waals surface area contributed by atoms with Crippen molar-refractivity contribution in [2.45, 2.75) is 60.1 Å². The highest BCUT2D eigenvalue weighted by Crippen LogP contribution is 2.21. The van der Waals surface area contributed by atoms with Crippen LogP contribution in [0.5, 0.6) is 0 Å². The highest BCUT2D eigenvalue weighted by molar-refractivity contribution is 6.32. The molecule has 1 N–H and O–H groups in total. The van der Waals surface area contributed by atoms with Gasteiger partial charge in [0.05, 0.1) is 0 Å². The molecular formula is C12H23NO3. The van der Waals surface area contributed by atoms with Crippen LogP contribution < -0.4 is 5.32 Å². The smallest absolute Gasteiger partial charge is 0.397 e. The molecule has 0 rings (SSSR count). The zero-order valence-corrected chi connectivity index (χ0v) is 11.3. The van der Waals surface area contributed by atoms with Crippen molar-refractivity contribution in [1.29, 1.82) is 0 Å². The van der Waals surface area contributed by atoms with Gasteiger partial charge in [0.15, 0.2) is 0 Å². The highest BCUT2D eigenvalue weighted by Gasteiger charge is 2.28. The fourth-order valence-electron chi connectivity index (χ4n) is 0.782.